The zero-order valence-electron chi connectivity index (χ0n) is 27.4. The SMILES string of the molecule is COc1cc(C(=O)N[C@H]2CNCC[C@@H]2F)cc2nc(-c3cc4ccc5nc4n3C[C@@H]3C[C@H]3CCc3ccccc3C(=O)N[C@@H]5C)n(C)c12. The molecule has 0 unspecified atom stereocenters. The lowest BCUT2D eigenvalue weighted by molar-refractivity contribution is 0.0891. The highest BCUT2D eigenvalue weighted by Crippen LogP contribution is 2.45. The van der Waals surface area contributed by atoms with E-state index in [1.54, 1.807) is 19.2 Å². The first-order valence-corrected chi connectivity index (χ1v) is 16.9. The second kappa shape index (κ2) is 12.0. The number of benzene rings is 2. The van der Waals surface area contributed by atoms with E-state index in [1.807, 2.05) is 42.8 Å². The number of ether oxygens (including phenoxy) is 1. The minimum Gasteiger partial charge on any atom is -0.494 e. The third kappa shape index (κ3) is 5.39. The van der Waals surface area contributed by atoms with E-state index in [1.165, 1.54) is 0 Å². The molecule has 11 heteroatoms. The smallest absolute Gasteiger partial charge is 0.252 e. The van der Waals surface area contributed by atoms with Crippen molar-refractivity contribution in [2.45, 2.75) is 57.4 Å². The predicted octanol–water partition coefficient (Wildman–Crippen LogP) is 5.10. The quantitative estimate of drug-likeness (QED) is 0.250. The van der Waals surface area contributed by atoms with Crippen molar-refractivity contribution in [3.63, 3.8) is 0 Å². The van der Waals surface area contributed by atoms with Crippen molar-refractivity contribution in [3.05, 3.63) is 77.0 Å². The number of imidazole rings is 1. The summed E-state index contributed by atoms with van der Waals surface area (Å²) in [7, 11) is 3.53. The average Bonchev–Trinajstić information content (AvgIpc) is 3.62. The number of carbonyl (C=O) groups is 2. The molecule has 0 spiro atoms. The molecular formula is C37H40FN7O3. The normalized spacial score (nSPS) is 24.1. The van der Waals surface area contributed by atoms with E-state index in [2.05, 4.69) is 38.7 Å². The number of carbonyl (C=O) groups excluding carboxylic acids is 2. The Morgan fingerprint density at radius 1 is 1.08 bits per heavy atom. The average molecular weight is 650 g/mol. The van der Waals surface area contributed by atoms with Crippen molar-refractivity contribution < 1.29 is 18.7 Å². The number of pyridine rings is 1. The van der Waals surface area contributed by atoms with Crippen LogP contribution in [0.2, 0.25) is 0 Å². The first-order chi connectivity index (χ1) is 23.3. The molecule has 2 fully saturated rings. The van der Waals surface area contributed by atoms with Gasteiger partial charge in [-0.15, -0.1) is 0 Å². The van der Waals surface area contributed by atoms with E-state index >= 15 is 0 Å². The predicted molar refractivity (Wildman–Crippen MR) is 182 cm³/mol. The molecule has 0 radical (unpaired) electrons. The van der Waals surface area contributed by atoms with Gasteiger partial charge in [0, 0.05) is 36.7 Å². The first-order valence-electron chi connectivity index (χ1n) is 16.9. The third-order valence-electron chi connectivity index (χ3n) is 10.4. The topological polar surface area (TPSA) is 115 Å². The van der Waals surface area contributed by atoms with Gasteiger partial charge in [-0.1, -0.05) is 18.2 Å². The molecular weight excluding hydrogens is 609 g/mol. The highest BCUT2D eigenvalue weighted by atomic mass is 19.1. The van der Waals surface area contributed by atoms with Gasteiger partial charge in [-0.05, 0) is 92.9 Å². The van der Waals surface area contributed by atoms with Crippen molar-refractivity contribution in [1.82, 2.24) is 35.1 Å². The van der Waals surface area contributed by atoms with Gasteiger partial charge >= 0.3 is 0 Å². The Morgan fingerprint density at radius 3 is 2.77 bits per heavy atom. The number of hydrogen-bond donors (Lipinski definition) is 3. The van der Waals surface area contributed by atoms with Crippen molar-refractivity contribution in [3.8, 4) is 17.3 Å². The largest absolute Gasteiger partial charge is 0.494 e. The van der Waals surface area contributed by atoms with E-state index in [-0.39, 0.29) is 17.9 Å². The van der Waals surface area contributed by atoms with Gasteiger partial charge in [0.25, 0.3) is 11.8 Å². The zero-order chi connectivity index (χ0) is 33.1. The fraction of sp³-hybridized carbons (Fsp3) is 0.405. The number of methoxy groups -OCH3 is 1. The number of amides is 2. The Kier molecular flexibility index (Phi) is 7.66. The van der Waals surface area contributed by atoms with Gasteiger partial charge in [-0.25, -0.2) is 14.4 Å². The molecule has 3 aliphatic rings. The Hall–Kier alpha value is -4.77. The Morgan fingerprint density at radius 2 is 1.94 bits per heavy atom. The van der Waals surface area contributed by atoms with E-state index in [4.69, 9.17) is 14.7 Å². The van der Waals surface area contributed by atoms with Gasteiger partial charge in [0.1, 0.15) is 23.1 Å². The maximum atomic E-state index is 14.5. The van der Waals surface area contributed by atoms with Crippen LogP contribution in [0.1, 0.15) is 64.2 Å². The molecule has 1 saturated heterocycles. The van der Waals surface area contributed by atoms with Crippen molar-refractivity contribution in [1.29, 1.82) is 0 Å². The molecule has 3 aromatic heterocycles. The number of alkyl halides is 1. The van der Waals surface area contributed by atoms with E-state index in [0.717, 1.165) is 70.7 Å². The Bertz CT molecular complexity index is 2070. The summed E-state index contributed by atoms with van der Waals surface area (Å²) in [5, 5.41) is 10.2. The minimum atomic E-state index is -1.10. The van der Waals surface area contributed by atoms with Gasteiger partial charge in [0.15, 0.2) is 5.82 Å². The highest BCUT2D eigenvalue weighted by molar-refractivity contribution is 6.00. The standard InChI is InChI=1S/C37H40FN7O3/c1-20-28-11-10-23-16-31(45(34(23)41-28)19-25-14-22(25)9-8-21-6-4-5-7-26(21)37(47)40-20)35-42-29-15-24(17-32(48-3)33(29)44(35)2)36(46)43-30-18-39-13-12-27(30)38/h4-7,10-11,15-17,20,22,25,27,30,39H,8-9,12-14,18-19H2,1-3H3,(H,40,47)(H,43,46)/t20-,22-,25+,27+,30+/m1/s1. The summed E-state index contributed by atoms with van der Waals surface area (Å²) in [6.45, 7) is 3.76. The molecule has 2 bridgehead atoms. The van der Waals surface area contributed by atoms with E-state index < -0.39 is 12.2 Å². The highest BCUT2D eigenvalue weighted by Gasteiger charge is 2.38. The van der Waals surface area contributed by atoms with Gasteiger partial charge in [-0.3, -0.25) is 9.59 Å². The molecule has 8 rings (SSSR count). The minimum absolute atomic E-state index is 0.0814. The molecule has 5 atom stereocenters. The summed E-state index contributed by atoms with van der Waals surface area (Å²) in [6, 6.07) is 16.6. The van der Waals surface area contributed by atoms with Crippen LogP contribution in [0.15, 0.2) is 54.6 Å². The fourth-order valence-electron chi connectivity index (χ4n) is 7.57. The molecule has 2 aliphatic heterocycles. The van der Waals surface area contributed by atoms with Crippen molar-refractivity contribution in [2.75, 3.05) is 20.2 Å². The van der Waals surface area contributed by atoms with Crippen LogP contribution < -0.4 is 20.7 Å². The van der Waals surface area contributed by atoms with Crippen molar-refractivity contribution in [2.24, 2.45) is 18.9 Å². The molecule has 5 heterocycles. The molecule has 10 nitrogen and oxygen atoms in total. The van der Waals surface area contributed by atoms with Gasteiger partial charge in [0.2, 0.25) is 0 Å². The van der Waals surface area contributed by atoms with E-state index in [0.29, 0.717) is 48.2 Å². The van der Waals surface area contributed by atoms with Crippen LogP contribution in [0.4, 0.5) is 4.39 Å². The van der Waals surface area contributed by atoms with Gasteiger partial charge in [-0.2, -0.15) is 0 Å². The van der Waals surface area contributed by atoms with Crippen LogP contribution in [0.25, 0.3) is 33.6 Å². The maximum absolute atomic E-state index is 14.5. The molecule has 1 aliphatic carbocycles. The Balaban J connectivity index is 1.19. The van der Waals surface area contributed by atoms with Crippen LogP contribution in [0.3, 0.4) is 0 Å². The number of piperidine rings is 1. The number of halogens is 1. The lowest BCUT2D eigenvalue weighted by Crippen LogP contribution is -2.52. The number of aromatic nitrogens is 4. The summed E-state index contributed by atoms with van der Waals surface area (Å²) in [5.74, 6) is 1.85. The van der Waals surface area contributed by atoms with Crippen molar-refractivity contribution >= 4 is 33.9 Å². The van der Waals surface area contributed by atoms with Crippen LogP contribution in [-0.4, -0.2) is 63.3 Å². The number of nitrogens with one attached hydrogen (secondary N) is 3. The number of fused-ring (bicyclic) bond motifs is 4. The van der Waals surface area contributed by atoms with Gasteiger partial charge in [0.05, 0.1) is 36.1 Å². The summed E-state index contributed by atoms with van der Waals surface area (Å²) in [6.07, 6.45) is 2.27. The lowest BCUT2D eigenvalue weighted by Gasteiger charge is -2.27. The van der Waals surface area contributed by atoms with Crippen LogP contribution in [0, 0.1) is 11.8 Å². The van der Waals surface area contributed by atoms with E-state index in [9.17, 15) is 14.0 Å². The maximum Gasteiger partial charge on any atom is 0.252 e. The molecule has 48 heavy (non-hydrogen) atoms. The summed E-state index contributed by atoms with van der Waals surface area (Å²) < 4.78 is 24.6. The summed E-state index contributed by atoms with van der Waals surface area (Å²) in [5.41, 5.74) is 6.13. The Labute approximate surface area is 278 Å². The lowest BCUT2D eigenvalue weighted by atomic mass is 10.00. The number of aryl methyl sites for hydroxylation is 2. The number of rotatable bonds is 4. The monoisotopic (exact) mass is 649 g/mol. The van der Waals surface area contributed by atoms with Crippen LogP contribution in [0.5, 0.6) is 5.75 Å². The molecule has 2 amide bonds. The molecule has 2 aromatic carbocycles. The summed E-state index contributed by atoms with van der Waals surface area (Å²) in [4.78, 5) is 36.9. The second-order valence-electron chi connectivity index (χ2n) is 13.6. The molecule has 248 valence electrons. The number of hydrogen-bond acceptors (Lipinski definition) is 6. The molecule has 1 saturated carbocycles. The first kappa shape index (κ1) is 30.6. The van der Waals surface area contributed by atoms with Crippen LogP contribution >= 0.6 is 0 Å². The number of nitrogens with zero attached hydrogens (tertiary/aromatic N) is 4. The third-order valence-corrected chi connectivity index (χ3v) is 10.4. The van der Waals surface area contributed by atoms with Gasteiger partial charge < -0.3 is 29.8 Å². The fourth-order valence-corrected chi connectivity index (χ4v) is 7.57. The second-order valence-corrected chi connectivity index (χ2v) is 13.6. The zero-order valence-corrected chi connectivity index (χ0v) is 27.4. The summed E-state index contributed by atoms with van der Waals surface area (Å²) >= 11 is 0. The van der Waals surface area contributed by atoms with Crippen LogP contribution in [-0.2, 0) is 20.0 Å². The molecule has 5 aromatic rings. The molecule has 3 N–H and O–H groups in total.